The summed E-state index contributed by atoms with van der Waals surface area (Å²) in [4.78, 5) is 0. The average Bonchev–Trinajstić information content (AvgIpc) is 2.16. The van der Waals surface area contributed by atoms with Gasteiger partial charge in [-0.05, 0) is 19.1 Å². The Morgan fingerprint density at radius 1 is 1.43 bits per heavy atom. The Morgan fingerprint density at radius 2 is 1.93 bits per heavy atom. The molecule has 0 atom stereocenters. The molecule has 0 amide bonds. The monoisotopic (exact) mass is 234 g/mol. The first-order chi connectivity index (χ1) is 6.43. The molecule has 0 radical (unpaired) electrons. The third kappa shape index (κ3) is 2.41. The summed E-state index contributed by atoms with van der Waals surface area (Å²) in [6.07, 6.45) is 4.36. The quantitative estimate of drug-likeness (QED) is 0.704. The van der Waals surface area contributed by atoms with Crippen LogP contribution in [0.2, 0.25) is 0 Å². The number of nitrogens with zero attached hydrogens (tertiary/aromatic N) is 2. The molecule has 0 aromatic carbocycles. The number of piperidine rings is 1. The fraction of sp³-hybridized carbons (Fsp3) is 0.875. The molecular formula is C8H14N2O2S2. The standard InChI is InChI=1S/C8H14N2O2S2/c1-13-8(7-9)3-5-10(6-4-8)14(2,11)12/h3-6H2,1-2H3. The summed E-state index contributed by atoms with van der Waals surface area (Å²) in [6.45, 7) is 0.931. The molecule has 80 valence electrons. The zero-order chi connectivity index (χ0) is 10.8. The Balaban J connectivity index is 2.68. The first kappa shape index (κ1) is 11.8. The first-order valence-electron chi connectivity index (χ1n) is 4.35. The zero-order valence-electron chi connectivity index (χ0n) is 8.36. The van der Waals surface area contributed by atoms with E-state index in [1.807, 2.05) is 6.26 Å². The van der Waals surface area contributed by atoms with Crippen LogP contribution in [0.15, 0.2) is 0 Å². The minimum absolute atomic E-state index is 0.374. The second kappa shape index (κ2) is 4.09. The molecule has 6 heteroatoms. The van der Waals surface area contributed by atoms with Crippen molar-refractivity contribution in [2.45, 2.75) is 17.6 Å². The van der Waals surface area contributed by atoms with E-state index in [-0.39, 0.29) is 4.75 Å². The molecule has 1 aliphatic rings. The summed E-state index contributed by atoms with van der Waals surface area (Å²) in [5, 5.41) is 8.99. The molecule has 1 fully saturated rings. The maximum Gasteiger partial charge on any atom is 0.211 e. The van der Waals surface area contributed by atoms with Gasteiger partial charge in [0.25, 0.3) is 0 Å². The second-order valence-corrected chi connectivity index (χ2v) is 6.64. The molecular weight excluding hydrogens is 220 g/mol. The van der Waals surface area contributed by atoms with Gasteiger partial charge in [0.05, 0.1) is 12.3 Å². The number of hydrogen-bond acceptors (Lipinski definition) is 4. The van der Waals surface area contributed by atoms with E-state index < -0.39 is 10.0 Å². The van der Waals surface area contributed by atoms with E-state index >= 15 is 0 Å². The third-order valence-electron chi connectivity index (χ3n) is 2.59. The summed E-state index contributed by atoms with van der Waals surface area (Å²) < 4.78 is 23.5. The second-order valence-electron chi connectivity index (χ2n) is 3.47. The van der Waals surface area contributed by atoms with Gasteiger partial charge >= 0.3 is 0 Å². The highest BCUT2D eigenvalue weighted by molar-refractivity contribution is 8.00. The SMILES string of the molecule is CSC1(C#N)CCN(S(C)(=O)=O)CC1. The van der Waals surface area contributed by atoms with Gasteiger partial charge < -0.3 is 0 Å². The van der Waals surface area contributed by atoms with Crippen LogP contribution in [-0.2, 0) is 10.0 Å². The van der Waals surface area contributed by atoms with Gasteiger partial charge in [0.2, 0.25) is 10.0 Å². The molecule has 0 unspecified atom stereocenters. The molecule has 1 heterocycles. The average molecular weight is 234 g/mol. The van der Waals surface area contributed by atoms with Gasteiger partial charge in [-0.2, -0.15) is 5.26 Å². The first-order valence-corrected chi connectivity index (χ1v) is 7.42. The smallest absolute Gasteiger partial charge is 0.211 e. The topological polar surface area (TPSA) is 61.2 Å². The largest absolute Gasteiger partial charge is 0.213 e. The lowest BCUT2D eigenvalue weighted by Crippen LogP contribution is -2.43. The normalized spacial score (nSPS) is 22.9. The molecule has 0 aromatic rings. The van der Waals surface area contributed by atoms with E-state index in [1.54, 1.807) is 0 Å². The van der Waals surface area contributed by atoms with Crippen LogP contribution in [0.1, 0.15) is 12.8 Å². The molecule has 0 N–H and O–H groups in total. The molecule has 1 rings (SSSR count). The summed E-state index contributed by atoms with van der Waals surface area (Å²) in [5.74, 6) is 0. The predicted molar refractivity (Wildman–Crippen MR) is 57.5 cm³/mol. The summed E-state index contributed by atoms with van der Waals surface area (Å²) >= 11 is 1.52. The van der Waals surface area contributed by atoms with Crippen LogP contribution in [0.3, 0.4) is 0 Å². The van der Waals surface area contributed by atoms with Crippen molar-refractivity contribution in [1.82, 2.24) is 4.31 Å². The summed E-state index contributed by atoms with van der Waals surface area (Å²) in [5.41, 5.74) is 0. The van der Waals surface area contributed by atoms with Crippen molar-refractivity contribution < 1.29 is 8.42 Å². The highest BCUT2D eigenvalue weighted by Crippen LogP contribution is 2.34. The van der Waals surface area contributed by atoms with E-state index in [0.29, 0.717) is 25.9 Å². The van der Waals surface area contributed by atoms with Crippen LogP contribution in [0.5, 0.6) is 0 Å². The van der Waals surface area contributed by atoms with Gasteiger partial charge in [-0.3, -0.25) is 0 Å². The van der Waals surface area contributed by atoms with E-state index in [2.05, 4.69) is 6.07 Å². The fourth-order valence-electron chi connectivity index (χ4n) is 1.54. The Kier molecular flexibility index (Phi) is 3.45. The van der Waals surface area contributed by atoms with Gasteiger partial charge in [-0.25, -0.2) is 12.7 Å². The molecule has 0 aliphatic carbocycles. The zero-order valence-corrected chi connectivity index (χ0v) is 9.99. The maximum absolute atomic E-state index is 11.2. The predicted octanol–water partition coefficient (Wildman–Crippen LogP) is 0.667. The Bertz CT molecular complexity index is 337. The molecule has 1 saturated heterocycles. The van der Waals surface area contributed by atoms with Gasteiger partial charge in [-0.15, -0.1) is 11.8 Å². The maximum atomic E-state index is 11.2. The molecule has 1 aliphatic heterocycles. The van der Waals surface area contributed by atoms with Crippen molar-refractivity contribution in [3.63, 3.8) is 0 Å². The highest BCUT2D eigenvalue weighted by Gasteiger charge is 2.36. The van der Waals surface area contributed by atoms with Gasteiger partial charge in [0.15, 0.2) is 0 Å². The summed E-state index contributed by atoms with van der Waals surface area (Å²) in [7, 11) is -3.08. The Hall–Kier alpha value is -0.250. The number of sulfonamides is 1. The van der Waals surface area contributed by atoms with Crippen molar-refractivity contribution in [1.29, 1.82) is 5.26 Å². The third-order valence-corrected chi connectivity index (χ3v) is 5.18. The highest BCUT2D eigenvalue weighted by atomic mass is 32.2. The van der Waals surface area contributed by atoms with Crippen molar-refractivity contribution >= 4 is 21.8 Å². The van der Waals surface area contributed by atoms with Crippen LogP contribution in [0.4, 0.5) is 0 Å². The molecule has 0 aromatic heterocycles. The van der Waals surface area contributed by atoms with E-state index in [1.165, 1.54) is 22.3 Å². The van der Waals surface area contributed by atoms with Gasteiger partial charge in [0, 0.05) is 13.1 Å². The lowest BCUT2D eigenvalue weighted by Gasteiger charge is -2.34. The van der Waals surface area contributed by atoms with E-state index in [4.69, 9.17) is 5.26 Å². The number of thioether (sulfide) groups is 1. The summed E-state index contributed by atoms with van der Waals surface area (Å²) in [6, 6.07) is 2.28. The molecule has 0 spiro atoms. The Labute approximate surface area is 89.3 Å². The number of hydrogen-bond donors (Lipinski definition) is 0. The fourth-order valence-corrected chi connectivity index (χ4v) is 3.07. The van der Waals surface area contributed by atoms with Crippen molar-refractivity contribution in [2.75, 3.05) is 25.6 Å². The minimum Gasteiger partial charge on any atom is -0.213 e. The van der Waals surface area contributed by atoms with Crippen LogP contribution in [0, 0.1) is 11.3 Å². The van der Waals surface area contributed by atoms with Crippen LogP contribution in [-0.4, -0.2) is 43.1 Å². The lowest BCUT2D eigenvalue weighted by atomic mass is 9.99. The van der Waals surface area contributed by atoms with Crippen molar-refractivity contribution in [2.24, 2.45) is 0 Å². The van der Waals surface area contributed by atoms with Gasteiger partial charge in [-0.1, -0.05) is 0 Å². The van der Waals surface area contributed by atoms with Crippen molar-refractivity contribution in [3.05, 3.63) is 0 Å². The molecule has 14 heavy (non-hydrogen) atoms. The van der Waals surface area contributed by atoms with Crippen LogP contribution < -0.4 is 0 Å². The van der Waals surface area contributed by atoms with Crippen LogP contribution in [0.25, 0.3) is 0 Å². The van der Waals surface area contributed by atoms with E-state index in [9.17, 15) is 8.42 Å². The minimum atomic E-state index is -3.08. The molecule has 0 saturated carbocycles. The molecule has 0 bridgehead atoms. The number of nitriles is 1. The Morgan fingerprint density at radius 3 is 2.21 bits per heavy atom. The number of rotatable bonds is 2. The van der Waals surface area contributed by atoms with E-state index in [0.717, 1.165) is 0 Å². The van der Waals surface area contributed by atoms with Crippen molar-refractivity contribution in [3.8, 4) is 6.07 Å². The van der Waals surface area contributed by atoms with Crippen LogP contribution >= 0.6 is 11.8 Å². The molecule has 4 nitrogen and oxygen atoms in total. The lowest BCUT2D eigenvalue weighted by molar-refractivity contribution is 0.329. The van der Waals surface area contributed by atoms with Gasteiger partial charge in [0.1, 0.15) is 4.75 Å².